The number of aliphatic hydroxyl groups is 1. The van der Waals surface area contributed by atoms with E-state index in [1.807, 2.05) is 42.5 Å². The summed E-state index contributed by atoms with van der Waals surface area (Å²) < 4.78 is 11.9. The quantitative estimate of drug-likeness (QED) is 0.364. The first-order valence-corrected chi connectivity index (χ1v) is 12.5. The van der Waals surface area contributed by atoms with Crippen molar-refractivity contribution in [3.8, 4) is 0 Å². The number of cyclic esters (lactones) is 1. The lowest BCUT2D eigenvalue weighted by Gasteiger charge is -2.38. The van der Waals surface area contributed by atoms with Gasteiger partial charge < -0.3 is 24.4 Å². The van der Waals surface area contributed by atoms with E-state index in [0.29, 0.717) is 13.1 Å². The molecule has 1 aromatic carbocycles. The number of hydrogen-bond donors (Lipinski definition) is 1. The van der Waals surface area contributed by atoms with Crippen molar-refractivity contribution in [1.29, 1.82) is 0 Å². The number of carbonyl (C=O) groups excluding carboxylic acids is 3. The highest BCUT2D eigenvalue weighted by atomic mass is 16.6. The van der Waals surface area contributed by atoms with E-state index < -0.39 is 41.6 Å². The molecule has 186 valence electrons. The third-order valence-electron chi connectivity index (χ3n) is 7.66. The van der Waals surface area contributed by atoms with Crippen LogP contribution in [-0.4, -0.2) is 76.7 Å². The average Bonchev–Trinajstić information content (AvgIpc) is 3.17. The molecule has 0 aliphatic carbocycles. The van der Waals surface area contributed by atoms with Gasteiger partial charge in [-0.25, -0.2) is 0 Å². The van der Waals surface area contributed by atoms with E-state index >= 15 is 0 Å². The van der Waals surface area contributed by atoms with Crippen LogP contribution in [-0.2, 0) is 23.9 Å². The van der Waals surface area contributed by atoms with Gasteiger partial charge in [0, 0.05) is 13.1 Å². The number of ether oxygens (including phenoxy) is 2. The fourth-order valence-electron chi connectivity index (χ4n) is 6.07. The molecule has 2 fully saturated rings. The summed E-state index contributed by atoms with van der Waals surface area (Å²) in [7, 11) is 0. The molecular weight excluding hydrogens is 448 g/mol. The van der Waals surface area contributed by atoms with Gasteiger partial charge in [0.1, 0.15) is 24.2 Å². The molecule has 1 spiro atoms. The minimum atomic E-state index is -1.31. The van der Waals surface area contributed by atoms with E-state index in [9.17, 15) is 19.5 Å². The van der Waals surface area contributed by atoms with Crippen molar-refractivity contribution >= 4 is 17.8 Å². The van der Waals surface area contributed by atoms with Crippen LogP contribution in [0.1, 0.15) is 37.8 Å². The predicted octanol–water partition coefficient (Wildman–Crippen LogP) is 2.00. The molecule has 2 amide bonds. The van der Waals surface area contributed by atoms with E-state index in [0.717, 1.165) is 24.8 Å². The van der Waals surface area contributed by atoms with Gasteiger partial charge in [0.15, 0.2) is 0 Å². The van der Waals surface area contributed by atoms with Crippen LogP contribution in [0.5, 0.6) is 0 Å². The number of likely N-dealkylation sites (tertiary alicyclic amines) is 1. The van der Waals surface area contributed by atoms with Gasteiger partial charge in [-0.1, -0.05) is 68.3 Å². The van der Waals surface area contributed by atoms with Crippen LogP contribution in [0.2, 0.25) is 0 Å². The standard InChI is InChI=1S/C27H32N2O6/c1-2-3-7-14-28-15-9-13-27-22(21-20(35-27)12-8-16-34-26(21)33)24(31)29(23(27)25(28)32)19(17-30)18-10-5-4-6-11-18/h4-6,8-13,19-23,30H,2-3,7,14-17H2,1H3/t19-,20+,21-,22+,23?,27+/m1/s1. The maximum absolute atomic E-state index is 14.2. The number of hydrogen-bond acceptors (Lipinski definition) is 6. The molecule has 0 aromatic heterocycles. The summed E-state index contributed by atoms with van der Waals surface area (Å²) in [6.45, 7) is 2.85. The number of rotatable bonds is 7. The van der Waals surface area contributed by atoms with Gasteiger partial charge in [-0.2, -0.15) is 0 Å². The lowest BCUT2D eigenvalue weighted by Crippen LogP contribution is -2.56. The van der Waals surface area contributed by atoms with Crippen LogP contribution < -0.4 is 0 Å². The van der Waals surface area contributed by atoms with Gasteiger partial charge >= 0.3 is 5.97 Å². The number of unbranched alkanes of at least 4 members (excludes halogenated alkanes) is 2. The topological polar surface area (TPSA) is 96.4 Å². The van der Waals surface area contributed by atoms with Crippen molar-refractivity contribution in [3.05, 3.63) is 60.2 Å². The van der Waals surface area contributed by atoms with Crippen molar-refractivity contribution in [2.24, 2.45) is 11.8 Å². The highest BCUT2D eigenvalue weighted by Gasteiger charge is 2.72. The molecule has 4 aliphatic rings. The zero-order valence-electron chi connectivity index (χ0n) is 19.9. The Morgan fingerprint density at radius 3 is 2.66 bits per heavy atom. The molecular formula is C27H32N2O6. The summed E-state index contributed by atoms with van der Waals surface area (Å²) in [6, 6.07) is 7.45. The van der Waals surface area contributed by atoms with Crippen LogP contribution in [0.4, 0.5) is 0 Å². The van der Waals surface area contributed by atoms with Crippen LogP contribution in [0.15, 0.2) is 54.6 Å². The number of fused-ring (bicyclic) bond motifs is 2. The van der Waals surface area contributed by atoms with E-state index in [1.54, 1.807) is 17.1 Å². The molecule has 1 aromatic rings. The van der Waals surface area contributed by atoms with Gasteiger partial charge in [-0.15, -0.1) is 0 Å². The summed E-state index contributed by atoms with van der Waals surface area (Å²) in [4.78, 5) is 44.5. The Balaban J connectivity index is 1.62. The number of amides is 2. The van der Waals surface area contributed by atoms with E-state index in [2.05, 4.69) is 6.92 Å². The number of carbonyl (C=O) groups is 3. The molecule has 4 heterocycles. The Kier molecular flexibility index (Phi) is 6.51. The molecule has 8 heteroatoms. The van der Waals surface area contributed by atoms with Crippen molar-refractivity contribution in [1.82, 2.24) is 9.80 Å². The molecule has 8 nitrogen and oxygen atoms in total. The third kappa shape index (κ3) is 3.79. The highest BCUT2D eigenvalue weighted by molar-refractivity contribution is 5.99. The van der Waals surface area contributed by atoms with Crippen LogP contribution in [0, 0.1) is 11.8 Å². The summed E-state index contributed by atoms with van der Waals surface area (Å²) in [5.74, 6) is -2.86. The largest absolute Gasteiger partial charge is 0.461 e. The summed E-state index contributed by atoms with van der Waals surface area (Å²) in [5, 5.41) is 10.5. The monoisotopic (exact) mass is 480 g/mol. The Morgan fingerprint density at radius 2 is 1.91 bits per heavy atom. The molecule has 1 unspecified atom stereocenters. The predicted molar refractivity (Wildman–Crippen MR) is 127 cm³/mol. The fourth-order valence-corrected chi connectivity index (χ4v) is 6.07. The fraction of sp³-hybridized carbons (Fsp3) is 0.519. The molecule has 2 saturated heterocycles. The van der Waals surface area contributed by atoms with Crippen molar-refractivity contribution < 1.29 is 29.0 Å². The third-order valence-corrected chi connectivity index (χ3v) is 7.66. The molecule has 1 N–H and O–H groups in total. The second-order valence-electron chi connectivity index (χ2n) is 9.65. The van der Waals surface area contributed by atoms with Crippen LogP contribution in [0.25, 0.3) is 0 Å². The van der Waals surface area contributed by atoms with E-state index in [4.69, 9.17) is 9.47 Å². The lowest BCUT2D eigenvalue weighted by molar-refractivity contribution is -0.155. The van der Waals surface area contributed by atoms with Crippen LogP contribution >= 0.6 is 0 Å². The van der Waals surface area contributed by atoms with Gasteiger partial charge in [-0.05, 0) is 18.1 Å². The number of aliphatic hydroxyl groups excluding tert-OH is 1. The Hall–Kier alpha value is -2.97. The first-order valence-electron chi connectivity index (χ1n) is 12.5. The van der Waals surface area contributed by atoms with E-state index in [1.165, 1.54) is 4.90 Å². The summed E-state index contributed by atoms with van der Waals surface area (Å²) in [5.41, 5.74) is -0.594. The van der Waals surface area contributed by atoms with Gasteiger partial charge in [0.05, 0.1) is 24.7 Å². The molecule has 5 rings (SSSR count). The molecule has 0 radical (unpaired) electrons. The SMILES string of the molecule is CCCCCN1CC=C[C@]23O[C@H]4C=CCOC(=O)[C@H]4[C@H]2C(=O)N([C@H](CO)c2ccccc2)C3C1=O. The molecule has 35 heavy (non-hydrogen) atoms. The van der Waals surface area contributed by atoms with Crippen LogP contribution in [0.3, 0.4) is 0 Å². The maximum atomic E-state index is 14.2. The maximum Gasteiger partial charge on any atom is 0.313 e. The lowest BCUT2D eigenvalue weighted by atomic mass is 9.78. The summed E-state index contributed by atoms with van der Waals surface area (Å²) in [6.07, 6.45) is 9.40. The second kappa shape index (κ2) is 9.59. The molecule has 4 aliphatic heterocycles. The van der Waals surface area contributed by atoms with Crippen molar-refractivity contribution in [2.75, 3.05) is 26.3 Å². The first kappa shape index (κ1) is 23.8. The minimum Gasteiger partial charge on any atom is -0.461 e. The molecule has 0 bridgehead atoms. The number of esters is 1. The van der Waals surface area contributed by atoms with E-state index in [-0.39, 0.29) is 25.0 Å². The van der Waals surface area contributed by atoms with Crippen molar-refractivity contribution in [3.63, 3.8) is 0 Å². The van der Waals surface area contributed by atoms with Crippen molar-refractivity contribution in [2.45, 2.75) is 50.0 Å². The van der Waals surface area contributed by atoms with Gasteiger partial charge in [0.25, 0.3) is 0 Å². The smallest absolute Gasteiger partial charge is 0.313 e. The summed E-state index contributed by atoms with van der Waals surface area (Å²) >= 11 is 0. The Bertz CT molecular complexity index is 1040. The average molecular weight is 481 g/mol. The normalized spacial score (nSPS) is 32.6. The number of benzene rings is 1. The van der Waals surface area contributed by atoms with Gasteiger partial charge in [-0.3, -0.25) is 14.4 Å². The number of nitrogens with zero attached hydrogens (tertiary/aromatic N) is 2. The first-order chi connectivity index (χ1) is 17.0. The van der Waals surface area contributed by atoms with Gasteiger partial charge in [0.2, 0.25) is 11.8 Å². The molecule has 6 atom stereocenters. The molecule has 0 saturated carbocycles. The second-order valence-corrected chi connectivity index (χ2v) is 9.65. The Morgan fingerprint density at radius 1 is 1.11 bits per heavy atom. The zero-order valence-corrected chi connectivity index (χ0v) is 19.9. The minimum absolute atomic E-state index is 0.125. The Labute approximate surface area is 205 Å². The highest BCUT2D eigenvalue weighted by Crippen LogP contribution is 2.55. The zero-order chi connectivity index (χ0) is 24.6.